The molecular weight excluding hydrogens is 164 g/mol. The fourth-order valence-corrected chi connectivity index (χ4v) is 1.63. The second kappa shape index (κ2) is 2.12. The lowest BCUT2D eigenvalue weighted by Crippen LogP contribution is -2.03. The Balaban J connectivity index is 2.20. The van der Waals surface area contributed by atoms with Crippen molar-refractivity contribution >= 4 is 11.0 Å². The van der Waals surface area contributed by atoms with Crippen LogP contribution in [0.3, 0.4) is 0 Å². The molecule has 0 aliphatic heterocycles. The van der Waals surface area contributed by atoms with Gasteiger partial charge in [-0.05, 0) is 30.5 Å². The van der Waals surface area contributed by atoms with Crippen molar-refractivity contribution in [1.29, 1.82) is 0 Å². The topological polar surface area (TPSA) is 48.9 Å². The number of nitrogens with one attached hydrogen (secondary N) is 1. The summed E-state index contributed by atoms with van der Waals surface area (Å²) in [6.07, 6.45) is 3.44. The quantitative estimate of drug-likeness (QED) is 0.689. The summed E-state index contributed by atoms with van der Waals surface area (Å²) in [5, 5.41) is 9.86. The van der Waals surface area contributed by atoms with E-state index < -0.39 is 5.60 Å². The van der Waals surface area contributed by atoms with Gasteiger partial charge in [0.1, 0.15) is 0 Å². The molecular formula is C10H10N2O. The molecule has 1 aliphatic carbocycles. The fraction of sp³-hybridized carbons (Fsp3) is 0.300. The van der Waals surface area contributed by atoms with Gasteiger partial charge in [0.05, 0.1) is 23.0 Å². The lowest BCUT2D eigenvalue weighted by Gasteiger charge is -2.06. The van der Waals surface area contributed by atoms with Crippen LogP contribution in [0.15, 0.2) is 24.5 Å². The highest BCUT2D eigenvalue weighted by atomic mass is 16.3. The Morgan fingerprint density at radius 3 is 3.00 bits per heavy atom. The third kappa shape index (κ3) is 0.971. The predicted octanol–water partition coefficient (Wildman–Crippen LogP) is 1.54. The Labute approximate surface area is 75.4 Å². The maximum atomic E-state index is 9.86. The van der Waals surface area contributed by atoms with Gasteiger partial charge in [0.15, 0.2) is 0 Å². The van der Waals surface area contributed by atoms with Gasteiger partial charge in [-0.25, -0.2) is 4.98 Å². The van der Waals surface area contributed by atoms with Crippen LogP contribution >= 0.6 is 0 Å². The van der Waals surface area contributed by atoms with Crippen molar-refractivity contribution in [3.05, 3.63) is 30.1 Å². The molecule has 3 nitrogen and oxygen atoms in total. The van der Waals surface area contributed by atoms with Gasteiger partial charge in [0.2, 0.25) is 0 Å². The summed E-state index contributed by atoms with van der Waals surface area (Å²) in [4.78, 5) is 7.16. The summed E-state index contributed by atoms with van der Waals surface area (Å²) in [7, 11) is 0. The standard InChI is InChI=1S/C10H10N2O/c13-10(3-4-10)7-1-2-8-9(5-7)12-6-11-8/h1-2,5-6,13H,3-4H2,(H,11,12). The molecule has 1 heterocycles. The van der Waals surface area contributed by atoms with Gasteiger partial charge in [-0.3, -0.25) is 0 Å². The first kappa shape index (κ1) is 7.09. The molecule has 0 amide bonds. The van der Waals surface area contributed by atoms with Crippen LogP contribution in [0.2, 0.25) is 0 Å². The molecule has 2 N–H and O–H groups in total. The minimum absolute atomic E-state index is 0.542. The summed E-state index contributed by atoms with van der Waals surface area (Å²) >= 11 is 0. The van der Waals surface area contributed by atoms with E-state index in [1.165, 1.54) is 0 Å². The molecule has 3 rings (SSSR count). The third-order valence-electron chi connectivity index (χ3n) is 2.68. The largest absolute Gasteiger partial charge is 0.385 e. The lowest BCUT2D eigenvalue weighted by molar-refractivity contribution is 0.151. The zero-order chi connectivity index (χ0) is 8.89. The van der Waals surface area contributed by atoms with E-state index in [0.29, 0.717) is 0 Å². The number of aliphatic hydroxyl groups is 1. The molecule has 1 aromatic heterocycles. The van der Waals surface area contributed by atoms with Gasteiger partial charge in [-0.1, -0.05) is 6.07 Å². The van der Waals surface area contributed by atoms with Crippen LogP contribution in [-0.2, 0) is 5.60 Å². The Morgan fingerprint density at radius 1 is 1.38 bits per heavy atom. The van der Waals surface area contributed by atoms with Crippen LogP contribution < -0.4 is 0 Å². The first-order valence-electron chi connectivity index (χ1n) is 4.44. The number of hydrogen-bond donors (Lipinski definition) is 2. The monoisotopic (exact) mass is 174 g/mol. The number of rotatable bonds is 1. The van der Waals surface area contributed by atoms with E-state index in [2.05, 4.69) is 9.97 Å². The van der Waals surface area contributed by atoms with Gasteiger partial charge in [0, 0.05) is 0 Å². The predicted molar refractivity (Wildman–Crippen MR) is 49.2 cm³/mol. The average Bonchev–Trinajstić information content (AvgIpc) is 2.74. The Morgan fingerprint density at radius 2 is 2.23 bits per heavy atom. The van der Waals surface area contributed by atoms with Crippen molar-refractivity contribution in [2.45, 2.75) is 18.4 Å². The Hall–Kier alpha value is -1.35. The van der Waals surface area contributed by atoms with Crippen molar-refractivity contribution < 1.29 is 5.11 Å². The normalized spacial score (nSPS) is 19.2. The molecule has 0 atom stereocenters. The van der Waals surface area contributed by atoms with Crippen molar-refractivity contribution in [2.75, 3.05) is 0 Å². The average molecular weight is 174 g/mol. The third-order valence-corrected chi connectivity index (χ3v) is 2.68. The minimum Gasteiger partial charge on any atom is -0.385 e. The molecule has 66 valence electrons. The van der Waals surface area contributed by atoms with Crippen LogP contribution in [0.5, 0.6) is 0 Å². The number of H-pyrrole nitrogens is 1. The first-order chi connectivity index (χ1) is 6.28. The van der Waals surface area contributed by atoms with E-state index >= 15 is 0 Å². The highest BCUT2D eigenvalue weighted by Crippen LogP contribution is 2.45. The van der Waals surface area contributed by atoms with Gasteiger partial charge >= 0.3 is 0 Å². The fourth-order valence-electron chi connectivity index (χ4n) is 1.63. The minimum atomic E-state index is -0.542. The SMILES string of the molecule is OC1(c2ccc3nc[nH]c3c2)CC1. The van der Waals surface area contributed by atoms with Gasteiger partial charge in [-0.15, -0.1) is 0 Å². The summed E-state index contributed by atoms with van der Waals surface area (Å²) in [5.74, 6) is 0. The molecule has 1 fully saturated rings. The van der Waals surface area contributed by atoms with Crippen LogP contribution in [0, 0.1) is 0 Å². The maximum Gasteiger partial charge on any atom is 0.0931 e. The summed E-state index contributed by atoms with van der Waals surface area (Å²) in [5.41, 5.74) is 2.41. The Kier molecular flexibility index (Phi) is 1.15. The summed E-state index contributed by atoms with van der Waals surface area (Å²) in [6, 6.07) is 5.88. The molecule has 0 radical (unpaired) electrons. The summed E-state index contributed by atoms with van der Waals surface area (Å²) in [6.45, 7) is 0. The number of aromatic nitrogens is 2. The first-order valence-corrected chi connectivity index (χ1v) is 4.44. The lowest BCUT2D eigenvalue weighted by atomic mass is 10.1. The van der Waals surface area contributed by atoms with Gasteiger partial charge in [0.25, 0.3) is 0 Å². The number of imidazole rings is 1. The molecule has 1 saturated carbocycles. The van der Waals surface area contributed by atoms with Crippen molar-refractivity contribution in [2.24, 2.45) is 0 Å². The number of fused-ring (bicyclic) bond motifs is 1. The van der Waals surface area contributed by atoms with E-state index in [1.54, 1.807) is 6.33 Å². The molecule has 2 aromatic rings. The molecule has 1 aromatic carbocycles. The van der Waals surface area contributed by atoms with E-state index in [9.17, 15) is 5.11 Å². The second-order valence-corrected chi connectivity index (χ2v) is 3.67. The van der Waals surface area contributed by atoms with E-state index in [1.807, 2.05) is 18.2 Å². The number of hydrogen-bond acceptors (Lipinski definition) is 2. The number of aromatic amines is 1. The number of nitrogens with zero attached hydrogens (tertiary/aromatic N) is 1. The zero-order valence-corrected chi connectivity index (χ0v) is 7.12. The summed E-state index contributed by atoms with van der Waals surface area (Å²) < 4.78 is 0. The van der Waals surface area contributed by atoms with Crippen molar-refractivity contribution in [3.63, 3.8) is 0 Å². The molecule has 0 bridgehead atoms. The number of benzene rings is 1. The molecule has 3 heteroatoms. The molecule has 0 spiro atoms. The Bertz CT molecular complexity index is 457. The van der Waals surface area contributed by atoms with E-state index in [-0.39, 0.29) is 0 Å². The van der Waals surface area contributed by atoms with Crippen LogP contribution in [0.25, 0.3) is 11.0 Å². The highest BCUT2D eigenvalue weighted by Gasteiger charge is 2.42. The maximum absolute atomic E-state index is 9.86. The molecule has 0 unspecified atom stereocenters. The van der Waals surface area contributed by atoms with E-state index in [0.717, 1.165) is 29.4 Å². The molecule has 13 heavy (non-hydrogen) atoms. The second-order valence-electron chi connectivity index (χ2n) is 3.67. The van der Waals surface area contributed by atoms with Crippen molar-refractivity contribution in [3.8, 4) is 0 Å². The highest BCUT2D eigenvalue weighted by molar-refractivity contribution is 5.75. The van der Waals surface area contributed by atoms with E-state index in [4.69, 9.17) is 0 Å². The van der Waals surface area contributed by atoms with Crippen LogP contribution in [0.1, 0.15) is 18.4 Å². The van der Waals surface area contributed by atoms with Crippen LogP contribution in [0.4, 0.5) is 0 Å². The van der Waals surface area contributed by atoms with Crippen molar-refractivity contribution in [1.82, 2.24) is 9.97 Å². The smallest absolute Gasteiger partial charge is 0.0931 e. The zero-order valence-electron chi connectivity index (χ0n) is 7.12. The van der Waals surface area contributed by atoms with Gasteiger partial charge < -0.3 is 10.1 Å². The molecule has 1 aliphatic rings. The van der Waals surface area contributed by atoms with Crippen LogP contribution in [-0.4, -0.2) is 15.1 Å². The van der Waals surface area contributed by atoms with Gasteiger partial charge in [-0.2, -0.15) is 0 Å². The molecule has 0 saturated heterocycles.